The quantitative estimate of drug-likeness (QED) is 0.346. The van der Waals surface area contributed by atoms with Crippen molar-refractivity contribution in [2.24, 2.45) is 0 Å². The van der Waals surface area contributed by atoms with E-state index in [9.17, 15) is 4.79 Å². The van der Waals surface area contributed by atoms with Crippen molar-refractivity contribution in [3.63, 3.8) is 0 Å². The van der Waals surface area contributed by atoms with E-state index in [1.807, 2.05) is 60.7 Å². The standard InChI is InChI=1S/C20H13BrO2/c21-12-13-5-7-15(8-6-13)19-11-17(22)20-16-4-2-1-3-14(16)9-10-18(20)23-19/h1-11H,12H2. The second-order valence-electron chi connectivity index (χ2n) is 5.47. The third-order valence-electron chi connectivity index (χ3n) is 4.01. The lowest BCUT2D eigenvalue weighted by Gasteiger charge is -2.06. The normalized spacial score (nSPS) is 11.2. The molecular formula is C20H13BrO2. The number of benzene rings is 3. The van der Waals surface area contributed by atoms with Crippen molar-refractivity contribution in [2.45, 2.75) is 5.33 Å². The van der Waals surface area contributed by atoms with Crippen molar-refractivity contribution in [3.8, 4) is 11.3 Å². The van der Waals surface area contributed by atoms with E-state index in [0.717, 1.165) is 21.7 Å². The number of halogens is 1. The van der Waals surface area contributed by atoms with Gasteiger partial charge in [0.1, 0.15) is 11.3 Å². The van der Waals surface area contributed by atoms with Gasteiger partial charge in [0.05, 0.1) is 5.39 Å². The summed E-state index contributed by atoms with van der Waals surface area (Å²) in [5.74, 6) is 0.596. The lowest BCUT2D eigenvalue weighted by atomic mass is 10.0. The maximum Gasteiger partial charge on any atom is 0.193 e. The number of rotatable bonds is 2. The topological polar surface area (TPSA) is 30.2 Å². The molecule has 0 saturated carbocycles. The fraction of sp³-hybridized carbons (Fsp3) is 0.0500. The first kappa shape index (κ1) is 14.2. The van der Waals surface area contributed by atoms with Crippen LogP contribution in [0.15, 0.2) is 75.9 Å². The lowest BCUT2D eigenvalue weighted by molar-refractivity contribution is 0.619. The summed E-state index contributed by atoms with van der Waals surface area (Å²) >= 11 is 3.43. The van der Waals surface area contributed by atoms with Crippen molar-refractivity contribution in [2.75, 3.05) is 0 Å². The SMILES string of the molecule is O=c1cc(-c2ccc(CBr)cc2)oc2ccc3ccccc3c12. The average Bonchev–Trinajstić information content (AvgIpc) is 2.61. The molecule has 3 heteroatoms. The molecule has 0 aliphatic carbocycles. The van der Waals surface area contributed by atoms with E-state index < -0.39 is 0 Å². The van der Waals surface area contributed by atoms with Gasteiger partial charge in [0.25, 0.3) is 0 Å². The Morgan fingerprint density at radius 1 is 0.913 bits per heavy atom. The van der Waals surface area contributed by atoms with Crippen LogP contribution in [0, 0.1) is 0 Å². The molecule has 0 atom stereocenters. The zero-order chi connectivity index (χ0) is 15.8. The molecule has 4 aromatic rings. The fourth-order valence-corrected chi connectivity index (χ4v) is 3.20. The van der Waals surface area contributed by atoms with Gasteiger partial charge in [-0.25, -0.2) is 0 Å². The minimum atomic E-state index is -0.0115. The third kappa shape index (κ3) is 2.47. The van der Waals surface area contributed by atoms with Crippen LogP contribution in [0.5, 0.6) is 0 Å². The van der Waals surface area contributed by atoms with E-state index in [-0.39, 0.29) is 5.43 Å². The van der Waals surface area contributed by atoms with Crippen molar-refractivity contribution >= 4 is 37.7 Å². The largest absolute Gasteiger partial charge is 0.456 e. The smallest absolute Gasteiger partial charge is 0.193 e. The predicted octanol–water partition coefficient (Wildman–Crippen LogP) is 5.51. The maximum absolute atomic E-state index is 12.6. The second-order valence-corrected chi connectivity index (χ2v) is 6.03. The van der Waals surface area contributed by atoms with Crippen LogP contribution in [0.3, 0.4) is 0 Å². The van der Waals surface area contributed by atoms with Crippen molar-refractivity contribution in [3.05, 3.63) is 82.5 Å². The van der Waals surface area contributed by atoms with Gasteiger partial charge < -0.3 is 4.42 Å². The van der Waals surface area contributed by atoms with Crippen LogP contribution in [0.4, 0.5) is 0 Å². The molecule has 23 heavy (non-hydrogen) atoms. The van der Waals surface area contributed by atoms with Gasteiger partial charge in [-0.15, -0.1) is 0 Å². The van der Waals surface area contributed by atoms with E-state index in [0.29, 0.717) is 16.7 Å². The second kappa shape index (κ2) is 5.67. The molecule has 0 radical (unpaired) electrons. The Kier molecular flexibility index (Phi) is 3.50. The van der Waals surface area contributed by atoms with Gasteiger partial charge in [0.2, 0.25) is 0 Å². The Morgan fingerprint density at radius 3 is 2.48 bits per heavy atom. The molecule has 112 valence electrons. The summed E-state index contributed by atoms with van der Waals surface area (Å²) in [6.45, 7) is 0. The van der Waals surface area contributed by atoms with Crippen LogP contribution < -0.4 is 5.43 Å². The third-order valence-corrected chi connectivity index (χ3v) is 4.66. The van der Waals surface area contributed by atoms with E-state index in [1.165, 1.54) is 5.56 Å². The molecule has 1 heterocycles. The Bertz CT molecular complexity index is 1060. The van der Waals surface area contributed by atoms with Crippen LogP contribution in [0.25, 0.3) is 33.1 Å². The minimum absolute atomic E-state index is 0.0115. The number of alkyl halides is 1. The molecule has 0 aliphatic rings. The van der Waals surface area contributed by atoms with E-state index in [1.54, 1.807) is 6.07 Å². The van der Waals surface area contributed by atoms with Gasteiger partial charge in [-0.3, -0.25) is 4.79 Å². The molecule has 0 bridgehead atoms. The van der Waals surface area contributed by atoms with Crippen LogP contribution in [-0.2, 0) is 5.33 Å². The molecule has 0 aliphatic heterocycles. The predicted molar refractivity (Wildman–Crippen MR) is 98.1 cm³/mol. The minimum Gasteiger partial charge on any atom is -0.456 e. The molecule has 0 unspecified atom stereocenters. The Labute approximate surface area is 141 Å². The summed E-state index contributed by atoms with van der Waals surface area (Å²) in [6, 6.07) is 21.3. The molecule has 0 saturated heterocycles. The van der Waals surface area contributed by atoms with Crippen LogP contribution in [0.1, 0.15) is 5.56 Å². The van der Waals surface area contributed by atoms with Crippen molar-refractivity contribution < 1.29 is 4.42 Å². The van der Waals surface area contributed by atoms with E-state index in [2.05, 4.69) is 15.9 Å². The van der Waals surface area contributed by atoms with Crippen LogP contribution in [0.2, 0.25) is 0 Å². The molecular weight excluding hydrogens is 352 g/mol. The number of hydrogen-bond acceptors (Lipinski definition) is 2. The first-order chi connectivity index (χ1) is 11.3. The first-order valence-corrected chi connectivity index (χ1v) is 8.49. The Balaban J connectivity index is 1.96. The van der Waals surface area contributed by atoms with Gasteiger partial charge in [-0.1, -0.05) is 70.5 Å². The number of hydrogen-bond donors (Lipinski definition) is 0. The van der Waals surface area contributed by atoms with Crippen molar-refractivity contribution in [1.29, 1.82) is 0 Å². The summed E-state index contributed by atoms with van der Waals surface area (Å²) in [6.07, 6.45) is 0. The maximum atomic E-state index is 12.6. The molecule has 3 aromatic carbocycles. The molecule has 1 aromatic heterocycles. The van der Waals surface area contributed by atoms with Crippen LogP contribution in [-0.4, -0.2) is 0 Å². The molecule has 0 N–H and O–H groups in total. The zero-order valence-electron chi connectivity index (χ0n) is 12.3. The monoisotopic (exact) mass is 364 g/mol. The molecule has 0 spiro atoms. The Hall–Kier alpha value is -2.39. The summed E-state index contributed by atoms with van der Waals surface area (Å²) in [5.41, 5.74) is 2.70. The average molecular weight is 365 g/mol. The van der Waals surface area contributed by atoms with Gasteiger partial charge >= 0.3 is 0 Å². The van der Waals surface area contributed by atoms with Crippen molar-refractivity contribution in [1.82, 2.24) is 0 Å². The molecule has 2 nitrogen and oxygen atoms in total. The highest BCUT2D eigenvalue weighted by Crippen LogP contribution is 2.27. The van der Waals surface area contributed by atoms with Gasteiger partial charge in [-0.05, 0) is 22.4 Å². The highest BCUT2D eigenvalue weighted by Gasteiger charge is 2.10. The van der Waals surface area contributed by atoms with Gasteiger partial charge in [0.15, 0.2) is 5.43 Å². The van der Waals surface area contributed by atoms with Gasteiger partial charge in [-0.2, -0.15) is 0 Å². The Morgan fingerprint density at radius 2 is 1.70 bits per heavy atom. The van der Waals surface area contributed by atoms with E-state index >= 15 is 0 Å². The summed E-state index contributed by atoms with van der Waals surface area (Å²) in [7, 11) is 0. The zero-order valence-corrected chi connectivity index (χ0v) is 13.8. The molecule has 0 amide bonds. The van der Waals surface area contributed by atoms with E-state index in [4.69, 9.17) is 4.42 Å². The number of fused-ring (bicyclic) bond motifs is 3. The summed E-state index contributed by atoms with van der Waals surface area (Å²) in [5, 5.41) is 3.42. The highest BCUT2D eigenvalue weighted by molar-refractivity contribution is 9.08. The molecule has 4 rings (SSSR count). The first-order valence-electron chi connectivity index (χ1n) is 7.37. The lowest BCUT2D eigenvalue weighted by Crippen LogP contribution is -2.01. The fourth-order valence-electron chi connectivity index (χ4n) is 2.83. The summed E-state index contributed by atoms with van der Waals surface area (Å²) < 4.78 is 6.00. The summed E-state index contributed by atoms with van der Waals surface area (Å²) in [4.78, 5) is 12.6. The highest BCUT2D eigenvalue weighted by atomic mass is 79.9. The van der Waals surface area contributed by atoms with Crippen LogP contribution >= 0.6 is 15.9 Å². The molecule has 0 fully saturated rings. The van der Waals surface area contributed by atoms with Gasteiger partial charge in [0, 0.05) is 17.0 Å².